The SMILES string of the molecule is CCC1(C(=O)N2CCCc3ccccc32)CCCN1. The molecule has 1 aromatic rings. The molecule has 0 spiro atoms. The molecule has 2 aliphatic heterocycles. The summed E-state index contributed by atoms with van der Waals surface area (Å²) in [4.78, 5) is 15.0. The van der Waals surface area contributed by atoms with Crippen molar-refractivity contribution >= 4 is 11.6 Å². The zero-order valence-electron chi connectivity index (χ0n) is 11.6. The van der Waals surface area contributed by atoms with Crippen molar-refractivity contribution in [1.82, 2.24) is 5.32 Å². The molecule has 19 heavy (non-hydrogen) atoms. The van der Waals surface area contributed by atoms with E-state index in [0.717, 1.165) is 50.9 Å². The third kappa shape index (κ3) is 2.06. The van der Waals surface area contributed by atoms with Crippen LogP contribution in [0.5, 0.6) is 0 Å². The third-order valence-electron chi connectivity index (χ3n) is 4.61. The van der Waals surface area contributed by atoms with E-state index in [1.54, 1.807) is 0 Å². The highest BCUT2D eigenvalue weighted by molar-refractivity contribution is 6.01. The maximum atomic E-state index is 13.0. The van der Waals surface area contributed by atoms with Gasteiger partial charge in [0.2, 0.25) is 5.91 Å². The zero-order chi connectivity index (χ0) is 13.3. The minimum atomic E-state index is -0.315. The molecule has 2 aliphatic rings. The van der Waals surface area contributed by atoms with Crippen molar-refractivity contribution in [1.29, 1.82) is 0 Å². The predicted octanol–water partition coefficient (Wildman–Crippen LogP) is 2.50. The first-order valence-corrected chi connectivity index (χ1v) is 7.42. The van der Waals surface area contributed by atoms with E-state index < -0.39 is 0 Å². The molecule has 102 valence electrons. The highest BCUT2D eigenvalue weighted by atomic mass is 16.2. The first-order valence-electron chi connectivity index (χ1n) is 7.42. The number of rotatable bonds is 2. The molecule has 1 aromatic carbocycles. The number of hydrogen-bond donors (Lipinski definition) is 1. The maximum Gasteiger partial charge on any atom is 0.247 e. The van der Waals surface area contributed by atoms with E-state index in [-0.39, 0.29) is 11.4 Å². The molecule has 0 saturated carbocycles. The topological polar surface area (TPSA) is 32.3 Å². The van der Waals surface area contributed by atoms with Gasteiger partial charge in [0.05, 0.1) is 5.54 Å². The Kier molecular flexibility index (Phi) is 3.31. The summed E-state index contributed by atoms with van der Waals surface area (Å²) in [7, 11) is 0. The molecule has 2 heterocycles. The molecule has 1 unspecified atom stereocenters. The number of nitrogens with zero attached hydrogens (tertiary/aromatic N) is 1. The second kappa shape index (κ2) is 4.97. The van der Waals surface area contributed by atoms with Gasteiger partial charge in [-0.2, -0.15) is 0 Å². The van der Waals surface area contributed by atoms with Gasteiger partial charge >= 0.3 is 0 Å². The van der Waals surface area contributed by atoms with E-state index in [9.17, 15) is 4.79 Å². The van der Waals surface area contributed by atoms with Crippen molar-refractivity contribution in [2.75, 3.05) is 18.0 Å². The van der Waals surface area contributed by atoms with Crippen LogP contribution in [0.2, 0.25) is 0 Å². The highest BCUT2D eigenvalue weighted by Crippen LogP contribution is 2.32. The molecule has 0 radical (unpaired) electrons. The summed E-state index contributed by atoms with van der Waals surface area (Å²) >= 11 is 0. The van der Waals surface area contributed by atoms with Crippen LogP contribution < -0.4 is 10.2 Å². The minimum absolute atomic E-state index is 0.277. The van der Waals surface area contributed by atoms with Gasteiger partial charge in [0.15, 0.2) is 0 Å². The zero-order valence-corrected chi connectivity index (χ0v) is 11.6. The summed E-state index contributed by atoms with van der Waals surface area (Å²) in [5.74, 6) is 0.277. The number of carbonyl (C=O) groups is 1. The second-order valence-corrected chi connectivity index (χ2v) is 5.66. The Hall–Kier alpha value is -1.35. The molecule has 3 heteroatoms. The van der Waals surface area contributed by atoms with Crippen LogP contribution in [0.15, 0.2) is 24.3 Å². The van der Waals surface area contributed by atoms with E-state index in [4.69, 9.17) is 0 Å². The Morgan fingerprint density at radius 3 is 2.95 bits per heavy atom. The van der Waals surface area contributed by atoms with E-state index in [2.05, 4.69) is 30.4 Å². The molecule has 1 N–H and O–H groups in total. The number of amides is 1. The van der Waals surface area contributed by atoms with Gasteiger partial charge < -0.3 is 10.2 Å². The fourth-order valence-corrected chi connectivity index (χ4v) is 3.44. The first-order chi connectivity index (χ1) is 9.27. The molecular weight excluding hydrogens is 236 g/mol. The summed E-state index contributed by atoms with van der Waals surface area (Å²) in [5, 5.41) is 3.46. The van der Waals surface area contributed by atoms with Crippen LogP contribution in [0, 0.1) is 0 Å². The van der Waals surface area contributed by atoms with Crippen molar-refractivity contribution < 1.29 is 4.79 Å². The predicted molar refractivity (Wildman–Crippen MR) is 77.4 cm³/mol. The van der Waals surface area contributed by atoms with Gasteiger partial charge in [-0.25, -0.2) is 0 Å². The summed E-state index contributed by atoms with van der Waals surface area (Å²) in [6.07, 6.45) is 5.12. The van der Waals surface area contributed by atoms with Crippen LogP contribution in [0.1, 0.15) is 38.2 Å². The average Bonchev–Trinajstić information content (AvgIpc) is 2.96. The fraction of sp³-hybridized carbons (Fsp3) is 0.562. The van der Waals surface area contributed by atoms with E-state index >= 15 is 0 Å². The Labute approximate surface area is 115 Å². The summed E-state index contributed by atoms with van der Waals surface area (Å²) in [6.45, 7) is 3.94. The van der Waals surface area contributed by atoms with Crippen molar-refractivity contribution in [3.05, 3.63) is 29.8 Å². The number of carbonyl (C=O) groups excluding carboxylic acids is 1. The fourth-order valence-electron chi connectivity index (χ4n) is 3.44. The highest BCUT2D eigenvalue weighted by Gasteiger charge is 2.42. The number of aryl methyl sites for hydroxylation is 1. The molecular formula is C16H22N2O. The van der Waals surface area contributed by atoms with Gasteiger partial charge in [0, 0.05) is 12.2 Å². The number of fused-ring (bicyclic) bond motifs is 1. The summed E-state index contributed by atoms with van der Waals surface area (Å²) in [5.41, 5.74) is 2.12. The molecule has 0 bridgehead atoms. The van der Waals surface area contributed by atoms with Crippen LogP contribution in [0.4, 0.5) is 5.69 Å². The molecule has 1 fully saturated rings. The van der Waals surface area contributed by atoms with E-state index in [0.29, 0.717) is 0 Å². The number of para-hydroxylation sites is 1. The summed E-state index contributed by atoms with van der Waals surface area (Å²) in [6, 6.07) is 8.33. The second-order valence-electron chi connectivity index (χ2n) is 5.66. The van der Waals surface area contributed by atoms with Crippen molar-refractivity contribution in [3.8, 4) is 0 Å². The number of hydrogen-bond acceptors (Lipinski definition) is 2. The van der Waals surface area contributed by atoms with Crippen LogP contribution in [-0.2, 0) is 11.2 Å². The van der Waals surface area contributed by atoms with Crippen molar-refractivity contribution in [3.63, 3.8) is 0 Å². The lowest BCUT2D eigenvalue weighted by Gasteiger charge is -2.37. The molecule has 1 amide bonds. The quantitative estimate of drug-likeness (QED) is 0.884. The monoisotopic (exact) mass is 258 g/mol. The Bertz CT molecular complexity index is 477. The minimum Gasteiger partial charge on any atom is -0.311 e. The normalized spacial score (nSPS) is 26.3. The maximum absolute atomic E-state index is 13.0. The lowest BCUT2D eigenvalue weighted by atomic mass is 9.90. The number of nitrogens with one attached hydrogen (secondary N) is 1. The number of benzene rings is 1. The molecule has 1 saturated heterocycles. The van der Waals surface area contributed by atoms with Crippen LogP contribution in [-0.4, -0.2) is 24.5 Å². The standard InChI is InChI=1S/C16H22N2O/c1-2-16(10-6-11-17-16)15(19)18-12-5-8-13-7-3-4-9-14(13)18/h3-4,7,9,17H,2,5-6,8,10-12H2,1H3. The van der Waals surface area contributed by atoms with Crippen LogP contribution in [0.3, 0.4) is 0 Å². The number of anilines is 1. The van der Waals surface area contributed by atoms with Crippen molar-refractivity contribution in [2.45, 2.75) is 44.6 Å². The lowest BCUT2D eigenvalue weighted by molar-refractivity contribution is -0.124. The van der Waals surface area contributed by atoms with Gasteiger partial charge in [-0.05, 0) is 50.3 Å². The van der Waals surface area contributed by atoms with Gasteiger partial charge in [-0.15, -0.1) is 0 Å². The van der Waals surface area contributed by atoms with Gasteiger partial charge in [0.1, 0.15) is 0 Å². The van der Waals surface area contributed by atoms with Crippen LogP contribution >= 0.6 is 0 Å². The smallest absolute Gasteiger partial charge is 0.247 e. The Morgan fingerprint density at radius 1 is 1.37 bits per heavy atom. The first kappa shape index (κ1) is 12.7. The van der Waals surface area contributed by atoms with Gasteiger partial charge in [-0.3, -0.25) is 4.79 Å². The average molecular weight is 258 g/mol. The van der Waals surface area contributed by atoms with Gasteiger partial charge in [0.25, 0.3) is 0 Å². The van der Waals surface area contributed by atoms with Crippen LogP contribution in [0.25, 0.3) is 0 Å². The Balaban J connectivity index is 1.93. The van der Waals surface area contributed by atoms with E-state index in [1.807, 2.05) is 11.0 Å². The molecule has 1 atom stereocenters. The molecule has 3 nitrogen and oxygen atoms in total. The van der Waals surface area contributed by atoms with Gasteiger partial charge in [-0.1, -0.05) is 25.1 Å². The third-order valence-corrected chi connectivity index (χ3v) is 4.61. The molecule has 0 aromatic heterocycles. The van der Waals surface area contributed by atoms with E-state index in [1.165, 1.54) is 5.56 Å². The largest absolute Gasteiger partial charge is 0.311 e. The molecule has 3 rings (SSSR count). The lowest BCUT2D eigenvalue weighted by Crippen LogP contribution is -2.55. The summed E-state index contributed by atoms with van der Waals surface area (Å²) < 4.78 is 0. The Morgan fingerprint density at radius 2 is 2.21 bits per heavy atom. The van der Waals surface area contributed by atoms with Crippen molar-refractivity contribution in [2.24, 2.45) is 0 Å². The molecule has 0 aliphatic carbocycles.